The lowest BCUT2D eigenvalue weighted by atomic mass is 9.96. The van der Waals surface area contributed by atoms with E-state index in [1.54, 1.807) is 0 Å². The first kappa shape index (κ1) is 16.9. The lowest BCUT2D eigenvalue weighted by Gasteiger charge is -2.30. The molecule has 2 nitrogen and oxygen atoms in total. The SMILES string of the molecule is Cc1ccc(N2c3ccccc3CCCc3ccoc32)c(-c2ccccc2)c1. The minimum Gasteiger partial charge on any atom is -0.448 e. The first-order valence-electron chi connectivity index (χ1n) is 9.92. The zero-order valence-electron chi connectivity index (χ0n) is 16.1. The molecule has 2 heteroatoms. The molecular formula is C26H23NO. The zero-order chi connectivity index (χ0) is 18.9. The number of benzene rings is 3. The molecule has 0 aliphatic carbocycles. The second-order valence-electron chi connectivity index (χ2n) is 7.46. The van der Waals surface area contributed by atoms with E-state index in [1.807, 2.05) is 6.26 Å². The minimum atomic E-state index is 0.938. The highest BCUT2D eigenvalue weighted by Crippen LogP contribution is 2.45. The van der Waals surface area contributed by atoms with Crippen LogP contribution in [0.5, 0.6) is 0 Å². The Morgan fingerprint density at radius 3 is 2.43 bits per heavy atom. The number of rotatable bonds is 2. The van der Waals surface area contributed by atoms with Crippen LogP contribution in [0, 0.1) is 6.92 Å². The molecule has 4 aromatic rings. The molecule has 1 aliphatic heterocycles. The summed E-state index contributed by atoms with van der Waals surface area (Å²) in [6.45, 7) is 2.15. The van der Waals surface area contributed by atoms with Crippen molar-refractivity contribution >= 4 is 17.3 Å². The van der Waals surface area contributed by atoms with E-state index in [-0.39, 0.29) is 0 Å². The van der Waals surface area contributed by atoms with Crippen LogP contribution in [0.1, 0.15) is 23.1 Å². The molecule has 1 aliphatic rings. The highest BCUT2D eigenvalue weighted by Gasteiger charge is 2.25. The van der Waals surface area contributed by atoms with Gasteiger partial charge in [-0.1, -0.05) is 60.2 Å². The Morgan fingerprint density at radius 2 is 1.54 bits per heavy atom. The summed E-state index contributed by atoms with van der Waals surface area (Å²) in [7, 11) is 0. The van der Waals surface area contributed by atoms with Crippen LogP contribution in [-0.2, 0) is 12.8 Å². The molecule has 2 heterocycles. The van der Waals surface area contributed by atoms with E-state index in [0.29, 0.717) is 0 Å². The average Bonchev–Trinajstić information content (AvgIpc) is 3.17. The molecule has 0 N–H and O–H groups in total. The predicted molar refractivity (Wildman–Crippen MR) is 116 cm³/mol. The average molecular weight is 365 g/mol. The molecule has 1 aromatic heterocycles. The van der Waals surface area contributed by atoms with E-state index in [2.05, 4.69) is 90.7 Å². The third-order valence-electron chi connectivity index (χ3n) is 5.53. The van der Waals surface area contributed by atoms with Crippen molar-refractivity contribution in [3.05, 3.63) is 102 Å². The molecule has 0 bridgehead atoms. The second-order valence-corrected chi connectivity index (χ2v) is 7.46. The quantitative estimate of drug-likeness (QED) is 0.373. The van der Waals surface area contributed by atoms with Crippen LogP contribution < -0.4 is 4.90 Å². The van der Waals surface area contributed by atoms with Crippen molar-refractivity contribution < 1.29 is 4.42 Å². The number of hydrogen-bond acceptors (Lipinski definition) is 2. The van der Waals surface area contributed by atoms with Crippen molar-refractivity contribution in [3.8, 4) is 11.1 Å². The lowest BCUT2D eigenvalue weighted by Crippen LogP contribution is -2.16. The Hall–Kier alpha value is -3.26. The standard InChI is InChI=1S/C26H23NO/c1-19-14-15-25(23(18-19)20-8-3-2-4-9-20)27-24-13-6-5-10-21(24)11-7-12-22-16-17-28-26(22)27/h2-6,8-10,13-18H,7,11-12H2,1H3. The molecule has 138 valence electrons. The van der Waals surface area contributed by atoms with E-state index >= 15 is 0 Å². The Balaban J connectivity index is 1.79. The molecule has 0 radical (unpaired) electrons. The molecule has 0 spiro atoms. The fourth-order valence-electron chi connectivity index (χ4n) is 4.17. The van der Waals surface area contributed by atoms with E-state index in [0.717, 1.165) is 30.8 Å². The fourth-order valence-corrected chi connectivity index (χ4v) is 4.17. The molecule has 5 rings (SSSR count). The fraction of sp³-hybridized carbons (Fsp3) is 0.154. The first-order valence-corrected chi connectivity index (χ1v) is 9.92. The summed E-state index contributed by atoms with van der Waals surface area (Å²) in [5, 5.41) is 0. The summed E-state index contributed by atoms with van der Waals surface area (Å²) in [5.41, 5.74) is 8.69. The molecule has 0 atom stereocenters. The van der Waals surface area contributed by atoms with Crippen molar-refractivity contribution in [2.45, 2.75) is 26.2 Å². The number of nitrogens with zero attached hydrogens (tertiary/aromatic N) is 1. The van der Waals surface area contributed by atoms with Gasteiger partial charge in [0.25, 0.3) is 0 Å². The number of fused-ring (bicyclic) bond motifs is 2. The van der Waals surface area contributed by atoms with Crippen LogP contribution in [0.3, 0.4) is 0 Å². The predicted octanol–water partition coefficient (Wildman–Crippen LogP) is 7.21. The minimum absolute atomic E-state index is 0.938. The van der Waals surface area contributed by atoms with Crippen molar-refractivity contribution in [1.82, 2.24) is 0 Å². The molecular weight excluding hydrogens is 342 g/mol. The normalized spacial score (nSPS) is 13.4. The summed E-state index contributed by atoms with van der Waals surface area (Å²) >= 11 is 0. The van der Waals surface area contributed by atoms with E-state index in [4.69, 9.17) is 4.42 Å². The van der Waals surface area contributed by atoms with Crippen molar-refractivity contribution in [1.29, 1.82) is 0 Å². The number of hydrogen-bond donors (Lipinski definition) is 0. The lowest BCUT2D eigenvalue weighted by molar-refractivity contribution is 0.568. The zero-order valence-corrected chi connectivity index (χ0v) is 16.1. The number of para-hydroxylation sites is 1. The van der Waals surface area contributed by atoms with Gasteiger partial charge >= 0.3 is 0 Å². The highest BCUT2D eigenvalue weighted by molar-refractivity contribution is 5.88. The third-order valence-corrected chi connectivity index (χ3v) is 5.53. The van der Waals surface area contributed by atoms with Gasteiger partial charge in [-0.3, -0.25) is 4.90 Å². The van der Waals surface area contributed by atoms with E-state index < -0.39 is 0 Å². The summed E-state index contributed by atoms with van der Waals surface area (Å²) in [6.07, 6.45) is 5.06. The van der Waals surface area contributed by atoms with E-state index in [9.17, 15) is 0 Å². The maximum absolute atomic E-state index is 6.06. The van der Waals surface area contributed by atoms with Gasteiger partial charge in [0.2, 0.25) is 5.88 Å². The smallest absolute Gasteiger partial charge is 0.207 e. The monoisotopic (exact) mass is 365 g/mol. The van der Waals surface area contributed by atoms with Crippen LogP contribution in [-0.4, -0.2) is 0 Å². The molecule has 0 amide bonds. The number of anilines is 3. The van der Waals surface area contributed by atoms with Crippen molar-refractivity contribution in [2.24, 2.45) is 0 Å². The second kappa shape index (κ2) is 7.05. The van der Waals surface area contributed by atoms with Crippen molar-refractivity contribution in [2.75, 3.05) is 4.90 Å². The topological polar surface area (TPSA) is 16.4 Å². The van der Waals surface area contributed by atoms with Gasteiger partial charge in [-0.2, -0.15) is 0 Å². The Bertz CT molecular complexity index is 1110. The number of furan rings is 1. The van der Waals surface area contributed by atoms with Gasteiger partial charge in [0.15, 0.2) is 0 Å². The van der Waals surface area contributed by atoms with E-state index in [1.165, 1.54) is 33.5 Å². The summed E-state index contributed by atoms with van der Waals surface area (Å²) in [6, 6.07) is 28.1. The van der Waals surface area contributed by atoms with Crippen LogP contribution in [0.25, 0.3) is 11.1 Å². The van der Waals surface area contributed by atoms with Gasteiger partial charge in [0.1, 0.15) is 0 Å². The Kier molecular flexibility index (Phi) is 4.25. The Morgan fingerprint density at radius 1 is 0.750 bits per heavy atom. The van der Waals surface area contributed by atoms with Crippen LogP contribution >= 0.6 is 0 Å². The van der Waals surface area contributed by atoms with Crippen LogP contribution in [0.2, 0.25) is 0 Å². The van der Waals surface area contributed by atoms with Gasteiger partial charge in [0.05, 0.1) is 17.6 Å². The maximum Gasteiger partial charge on any atom is 0.207 e. The van der Waals surface area contributed by atoms with Gasteiger partial charge in [-0.05, 0) is 61.6 Å². The third kappa shape index (κ3) is 2.91. The van der Waals surface area contributed by atoms with Crippen LogP contribution in [0.15, 0.2) is 89.5 Å². The van der Waals surface area contributed by atoms with Crippen LogP contribution in [0.4, 0.5) is 17.3 Å². The van der Waals surface area contributed by atoms with Gasteiger partial charge in [0, 0.05) is 11.1 Å². The molecule has 3 aromatic carbocycles. The number of aryl methyl sites for hydroxylation is 3. The molecule has 28 heavy (non-hydrogen) atoms. The molecule has 0 saturated heterocycles. The summed E-state index contributed by atoms with van der Waals surface area (Å²) in [5.74, 6) is 0.938. The molecule has 0 fully saturated rings. The van der Waals surface area contributed by atoms with Gasteiger partial charge in [-0.25, -0.2) is 0 Å². The summed E-state index contributed by atoms with van der Waals surface area (Å²) < 4.78 is 6.06. The Labute approximate surface area is 166 Å². The largest absolute Gasteiger partial charge is 0.448 e. The highest BCUT2D eigenvalue weighted by atomic mass is 16.3. The first-order chi connectivity index (χ1) is 13.8. The maximum atomic E-state index is 6.06. The van der Waals surface area contributed by atoms with Gasteiger partial charge in [-0.15, -0.1) is 0 Å². The molecule has 0 unspecified atom stereocenters. The summed E-state index contributed by atoms with van der Waals surface area (Å²) in [4.78, 5) is 2.31. The molecule has 0 saturated carbocycles. The van der Waals surface area contributed by atoms with Gasteiger partial charge < -0.3 is 4.42 Å². The van der Waals surface area contributed by atoms with Crippen molar-refractivity contribution in [3.63, 3.8) is 0 Å².